The molecule has 0 saturated heterocycles. The molecule has 92 heavy (non-hydrogen) atoms. The minimum atomic E-state index is -1.26. The first-order valence-corrected chi connectivity index (χ1v) is 35.9. The molecule has 0 aromatic rings. The largest absolute Gasteiger partial charge is 0.693 e. The smallest absolute Gasteiger partial charge is 0.407 e. The standard InChI is InChI=1S/C35H57NO5.C33H55NO5.C6H12N2.2H2N.2Pt/c1-23(2)8-6-9-24(3)29-14-15-30-28-13-11-25-22-27(17-19-34(25,4)31(28)18-20-35(29,30)5)41-33(40)36-21-7-10-26(37)12-16-32(38)39;1-22(2)7-6-8-23(3)27-11-12-28-26-10-9-24-19-25(39-18-17-34(20-30(35)36)21-31(37)38)13-15-32(24,4)29(26)14-16-33(27,28)5;7-5-3-1-2-4-6(5)8;;;;/h11,23-24,27-31H,6-10,12-22H2,1-5H3,(H,36,40)(H,38,39);9,22-23,25-29H,6-8,10-21H2,1-5H3,(H,35,36)(H,37,38);5-8H,1-4H2;2*1H2;;/q;;-2;2*-1;;/t24-,27+,28+,29-,30+,31+,34+,35-;23-,25+,26?,27-,28?,29?,32+,33-;5-,6-;;;;/m111..../s1. The third-order valence-electron chi connectivity index (χ3n) is 25.6. The molecule has 538 valence electrons. The van der Waals surface area contributed by atoms with Gasteiger partial charge in [-0.2, -0.15) is 12.1 Å². The van der Waals surface area contributed by atoms with Gasteiger partial charge in [0.15, 0.2) is 0 Å². The Hall–Kier alpha value is -2.03. The minimum absolute atomic E-state index is 0. The number of fused-ring (bicyclic) bond motifs is 10. The van der Waals surface area contributed by atoms with E-state index in [-0.39, 0.29) is 134 Å². The minimum Gasteiger partial charge on any atom is -0.693 e. The van der Waals surface area contributed by atoms with E-state index in [1.165, 1.54) is 126 Å². The van der Waals surface area contributed by atoms with E-state index in [9.17, 15) is 29.1 Å². The van der Waals surface area contributed by atoms with Gasteiger partial charge in [0.2, 0.25) is 0 Å². The maximum atomic E-state index is 12.5. The van der Waals surface area contributed by atoms with Crippen LogP contribution in [0.5, 0.6) is 0 Å². The molecule has 10 N–H and O–H groups in total. The zero-order valence-electron chi connectivity index (χ0n) is 58.6. The number of aliphatic carboxylic acids is 3. The van der Waals surface area contributed by atoms with Crippen molar-refractivity contribution in [2.45, 2.75) is 286 Å². The van der Waals surface area contributed by atoms with Crippen LogP contribution >= 0.6 is 0 Å². The molecule has 18 atom stereocenters. The van der Waals surface area contributed by atoms with Crippen LogP contribution in [0.25, 0.3) is 23.8 Å². The monoisotopic (exact) mass is 1650 g/mol. The zero-order chi connectivity index (χ0) is 64.1. The van der Waals surface area contributed by atoms with Crippen LogP contribution in [0.1, 0.15) is 262 Å². The number of carboxylic acid groups (broad SMARTS) is 3. The van der Waals surface area contributed by atoms with Crippen molar-refractivity contribution in [3.05, 3.63) is 47.1 Å². The summed E-state index contributed by atoms with van der Waals surface area (Å²) in [6, 6.07) is -0.160. The molecule has 0 aromatic heterocycles. The molecule has 0 spiro atoms. The Morgan fingerprint density at radius 1 is 0.620 bits per heavy atom. The Morgan fingerprint density at radius 3 is 1.54 bits per heavy atom. The number of ketones is 1. The number of carbonyl (C=O) groups excluding carboxylic acids is 3. The fraction of sp³-hybridized carbons (Fsp3) is 0.878. The topological polar surface area (TPSA) is 302 Å². The van der Waals surface area contributed by atoms with E-state index in [0.717, 1.165) is 122 Å². The van der Waals surface area contributed by atoms with Gasteiger partial charge in [0.05, 0.1) is 44.5 Å². The normalized spacial score (nSPS) is 34.6. The van der Waals surface area contributed by atoms with E-state index in [2.05, 4.69) is 86.7 Å². The average Bonchev–Trinajstić information content (AvgIpc) is 1.33. The molecule has 0 radical (unpaired) electrons. The fourth-order valence-electron chi connectivity index (χ4n) is 20.7. The Bertz CT molecular complexity index is 2350. The van der Waals surface area contributed by atoms with Gasteiger partial charge in [0.25, 0.3) is 5.78 Å². The second-order valence-corrected chi connectivity index (χ2v) is 32.0. The van der Waals surface area contributed by atoms with Crippen molar-refractivity contribution in [1.29, 1.82) is 0 Å². The third kappa shape index (κ3) is 21.7. The Morgan fingerprint density at radius 2 is 1.10 bits per heavy atom. The first kappa shape index (κ1) is 84.2. The van der Waals surface area contributed by atoms with Crippen LogP contribution in [0.2, 0.25) is 0 Å². The van der Waals surface area contributed by atoms with Gasteiger partial charge in [-0.05, 0) is 195 Å². The summed E-state index contributed by atoms with van der Waals surface area (Å²) in [6.45, 7) is 25.2. The van der Waals surface area contributed by atoms with Crippen LogP contribution in [0.4, 0.5) is 4.79 Å². The molecule has 0 heterocycles. The van der Waals surface area contributed by atoms with Gasteiger partial charge in [-0.3, -0.25) is 19.3 Å². The summed E-state index contributed by atoms with van der Waals surface area (Å²) in [5.41, 5.74) is 19.2. The summed E-state index contributed by atoms with van der Waals surface area (Å²) >= 11 is 0. The molecular formula is C74H128N6O10Pt2-4. The molecule has 7 fully saturated rings. The van der Waals surface area contributed by atoms with Crippen molar-refractivity contribution < 1.29 is 90.9 Å². The van der Waals surface area contributed by atoms with E-state index < -0.39 is 17.9 Å². The summed E-state index contributed by atoms with van der Waals surface area (Å²) in [5.74, 6) is 6.90. The summed E-state index contributed by atoms with van der Waals surface area (Å²) in [6.07, 6.45) is 37.9. The number of allylic oxidation sites excluding steroid dienone is 2. The van der Waals surface area contributed by atoms with Crippen molar-refractivity contribution >= 4 is 29.8 Å². The number of nitrogens with zero attached hydrogens (tertiary/aromatic N) is 1. The van der Waals surface area contributed by atoms with E-state index >= 15 is 0 Å². The first-order chi connectivity index (χ1) is 41.7. The SMILES string of the molecule is CC(C)CCC[C@@H](C)[C@H]1CCC2C3CC=C4C[C@@H](OCCN(CC(=O)[O-])CC(=O)O)CC[C@]4(C)C3CC[C@@]21C.CC(C)CCC[C@@H](C)[C@H]1CC[C@H]2[C@@H]3CC=C4C[C@@H](OC(=O)NCCCC(=[OH+])CCC(=O)O)CC[C@]4(C)[C@H]3CC[C@]12C.[NH-][C@@H]1CCCC[C@H]1[NH-].[NH2-].[NH2-].[Pt].[Pt]. The van der Waals surface area contributed by atoms with Crippen LogP contribution in [0.15, 0.2) is 23.3 Å². The Balaban J connectivity index is 0.000000411. The van der Waals surface area contributed by atoms with Crippen LogP contribution in [-0.2, 0) is 66.0 Å². The quantitative estimate of drug-likeness (QED) is 0.0418. The number of hydrogen-bond donors (Lipinski definition) is 3. The van der Waals surface area contributed by atoms with Crippen LogP contribution in [0, 0.1) is 92.7 Å². The number of ether oxygens (including phenoxy) is 2. The number of nitrogens with two attached hydrogens (primary N) is 2. The predicted octanol–water partition coefficient (Wildman–Crippen LogP) is 17.7. The summed E-state index contributed by atoms with van der Waals surface area (Å²) < 4.78 is 12.0. The molecule has 9 aliphatic rings. The molecule has 7 saturated carbocycles. The predicted molar refractivity (Wildman–Crippen MR) is 361 cm³/mol. The molecular weight excluding hydrogens is 1520 g/mol. The molecule has 0 aromatic carbocycles. The molecule has 18 heteroatoms. The van der Waals surface area contributed by atoms with Gasteiger partial charge in [-0.25, -0.2) is 4.79 Å². The van der Waals surface area contributed by atoms with Crippen molar-refractivity contribution in [1.82, 2.24) is 10.2 Å². The third-order valence-corrected chi connectivity index (χ3v) is 25.6. The second-order valence-electron chi connectivity index (χ2n) is 32.0. The molecule has 0 aliphatic heterocycles. The van der Waals surface area contributed by atoms with Crippen molar-refractivity contribution in [3.8, 4) is 0 Å². The Labute approximate surface area is 585 Å². The van der Waals surface area contributed by atoms with E-state index in [1.807, 2.05) is 0 Å². The summed E-state index contributed by atoms with van der Waals surface area (Å²) in [4.78, 5) is 56.3. The van der Waals surface area contributed by atoms with Gasteiger partial charge < -0.3 is 58.7 Å². The van der Waals surface area contributed by atoms with Gasteiger partial charge >= 0.3 is 18.0 Å². The number of alkyl carbamates (subject to hydrolysis) is 1. The maximum absolute atomic E-state index is 12.5. The fourth-order valence-corrected chi connectivity index (χ4v) is 20.7. The molecule has 1 amide bonds. The maximum Gasteiger partial charge on any atom is 0.407 e. The molecule has 0 bridgehead atoms. The van der Waals surface area contributed by atoms with Gasteiger partial charge in [-0.15, -0.1) is 0 Å². The molecule has 9 rings (SSSR count). The summed E-state index contributed by atoms with van der Waals surface area (Å²) in [5, 5.41) is 31.6. The zero-order valence-corrected chi connectivity index (χ0v) is 63.1. The van der Waals surface area contributed by atoms with E-state index in [1.54, 1.807) is 5.57 Å². The van der Waals surface area contributed by atoms with E-state index in [4.69, 9.17) is 31.2 Å². The van der Waals surface area contributed by atoms with Gasteiger partial charge in [0, 0.05) is 68.2 Å². The van der Waals surface area contributed by atoms with Gasteiger partial charge in [-0.1, -0.05) is 157 Å². The average molecular weight is 1650 g/mol. The second kappa shape index (κ2) is 38.4. The number of carboxylic acids is 3. The molecule has 16 nitrogen and oxygen atoms in total. The number of nitrogens with one attached hydrogen (secondary N) is 3. The van der Waals surface area contributed by atoms with Crippen molar-refractivity contribution in [2.75, 3.05) is 32.8 Å². The molecule has 3 unspecified atom stereocenters. The Kier molecular flexibility index (Phi) is 35.1. The van der Waals surface area contributed by atoms with Crippen molar-refractivity contribution in [3.63, 3.8) is 0 Å². The number of carbonyl (C=O) groups is 4. The number of rotatable bonds is 26. The first-order valence-electron chi connectivity index (χ1n) is 35.9. The summed E-state index contributed by atoms with van der Waals surface area (Å²) in [7, 11) is 0. The number of amides is 1. The number of hydrogen-bond acceptors (Lipinski definition) is 8. The van der Waals surface area contributed by atoms with Crippen LogP contribution in [-0.4, -0.2) is 107 Å². The molecule has 9 aliphatic carbocycles. The van der Waals surface area contributed by atoms with Gasteiger partial charge in [0.1, 0.15) is 6.10 Å². The van der Waals surface area contributed by atoms with Crippen molar-refractivity contribution in [2.24, 2.45) is 92.7 Å². The van der Waals surface area contributed by atoms with E-state index in [0.29, 0.717) is 36.8 Å². The van der Waals surface area contributed by atoms with Crippen LogP contribution < -0.4 is 10.4 Å². The van der Waals surface area contributed by atoms with Crippen LogP contribution in [0.3, 0.4) is 0 Å².